The fourth-order valence-electron chi connectivity index (χ4n) is 1.35. The smallest absolute Gasteiger partial charge is 0.0385 e. The molecule has 0 aromatic heterocycles. The zero-order valence-electron chi connectivity index (χ0n) is 9.16. The molecule has 0 heterocycles. The number of aryl methyl sites for hydroxylation is 1. The number of rotatable bonds is 5. The maximum Gasteiger partial charge on any atom is 0.0385 e. The molecule has 0 saturated heterocycles. The predicted molar refractivity (Wildman–Crippen MR) is 63.0 cm³/mol. The van der Waals surface area contributed by atoms with E-state index in [1.165, 1.54) is 11.3 Å². The summed E-state index contributed by atoms with van der Waals surface area (Å²) in [5, 5.41) is 0. The number of hydrogen-bond donors (Lipinski definition) is 0. The summed E-state index contributed by atoms with van der Waals surface area (Å²) in [6.07, 6.45) is 3.34. The van der Waals surface area contributed by atoms with E-state index in [9.17, 15) is 0 Å². The molecule has 0 saturated carbocycles. The molecule has 0 unspecified atom stereocenters. The van der Waals surface area contributed by atoms with Crippen molar-refractivity contribution in [3.8, 4) is 0 Å². The van der Waals surface area contributed by atoms with Gasteiger partial charge in [0.15, 0.2) is 0 Å². The summed E-state index contributed by atoms with van der Waals surface area (Å²) >= 11 is 0. The molecule has 1 aromatic carbocycles. The molecule has 0 aliphatic carbocycles. The number of nitrogens with zero attached hydrogens (tertiary/aromatic N) is 1. The lowest BCUT2D eigenvalue weighted by Gasteiger charge is -2.01. The molecule has 0 bridgehead atoms. The summed E-state index contributed by atoms with van der Waals surface area (Å²) < 4.78 is 0. The zero-order valence-corrected chi connectivity index (χ0v) is 9.16. The molecular formula is C13H19N. The Kier molecular flexibility index (Phi) is 4.98. The highest BCUT2D eigenvalue weighted by Gasteiger charge is 1.93. The van der Waals surface area contributed by atoms with Crippen molar-refractivity contribution in [2.75, 3.05) is 6.54 Å². The van der Waals surface area contributed by atoms with Gasteiger partial charge in [0, 0.05) is 12.3 Å². The van der Waals surface area contributed by atoms with Gasteiger partial charge in [-0.05, 0) is 31.7 Å². The van der Waals surface area contributed by atoms with Crippen LogP contribution in [0.4, 0.5) is 0 Å². The van der Waals surface area contributed by atoms with Gasteiger partial charge in [0.05, 0.1) is 0 Å². The van der Waals surface area contributed by atoms with E-state index < -0.39 is 0 Å². The van der Waals surface area contributed by atoms with E-state index in [-0.39, 0.29) is 0 Å². The quantitative estimate of drug-likeness (QED) is 0.629. The van der Waals surface area contributed by atoms with Gasteiger partial charge < -0.3 is 0 Å². The molecule has 0 N–H and O–H groups in total. The minimum atomic E-state index is 0.973. The maximum atomic E-state index is 4.47. The first kappa shape index (κ1) is 11.0. The van der Waals surface area contributed by atoms with Gasteiger partial charge in [-0.3, -0.25) is 4.99 Å². The van der Waals surface area contributed by atoms with Crippen molar-refractivity contribution in [1.82, 2.24) is 0 Å². The normalized spacial score (nSPS) is 11.7. The van der Waals surface area contributed by atoms with Crippen molar-refractivity contribution in [3.63, 3.8) is 0 Å². The van der Waals surface area contributed by atoms with E-state index in [4.69, 9.17) is 0 Å². The average molecular weight is 189 g/mol. The highest BCUT2D eigenvalue weighted by molar-refractivity contribution is 5.82. The number of aliphatic imine (C=N–C) groups is 1. The summed E-state index contributed by atoms with van der Waals surface area (Å²) in [4.78, 5) is 4.47. The number of benzene rings is 1. The summed E-state index contributed by atoms with van der Waals surface area (Å²) in [6, 6.07) is 10.6. The highest BCUT2D eigenvalue weighted by atomic mass is 14.7. The molecule has 14 heavy (non-hydrogen) atoms. The Morgan fingerprint density at radius 1 is 1.21 bits per heavy atom. The molecule has 0 atom stereocenters. The third kappa shape index (κ3) is 4.22. The third-order valence-electron chi connectivity index (χ3n) is 2.22. The van der Waals surface area contributed by atoms with Crippen molar-refractivity contribution in [2.45, 2.75) is 33.1 Å². The van der Waals surface area contributed by atoms with E-state index in [0.29, 0.717) is 0 Å². The van der Waals surface area contributed by atoms with Crippen LogP contribution in [0.3, 0.4) is 0 Å². The van der Waals surface area contributed by atoms with Gasteiger partial charge in [0.2, 0.25) is 0 Å². The third-order valence-corrected chi connectivity index (χ3v) is 2.22. The van der Waals surface area contributed by atoms with Gasteiger partial charge in [-0.2, -0.15) is 0 Å². The van der Waals surface area contributed by atoms with Gasteiger partial charge in [0.1, 0.15) is 0 Å². The summed E-state index contributed by atoms with van der Waals surface area (Å²) in [5.74, 6) is 0. The first-order valence-electron chi connectivity index (χ1n) is 5.36. The van der Waals surface area contributed by atoms with Crippen LogP contribution in [0.5, 0.6) is 0 Å². The Hall–Kier alpha value is -1.11. The fourth-order valence-corrected chi connectivity index (χ4v) is 1.35. The van der Waals surface area contributed by atoms with Crippen LogP contribution in [0.1, 0.15) is 32.3 Å². The molecule has 0 fully saturated rings. The van der Waals surface area contributed by atoms with Crippen molar-refractivity contribution >= 4 is 5.71 Å². The van der Waals surface area contributed by atoms with E-state index in [0.717, 1.165) is 25.8 Å². The summed E-state index contributed by atoms with van der Waals surface area (Å²) in [7, 11) is 0. The molecule has 0 spiro atoms. The average Bonchev–Trinajstić information content (AvgIpc) is 2.25. The predicted octanol–water partition coefficient (Wildman–Crippen LogP) is 3.49. The Labute approximate surface area is 86.9 Å². The van der Waals surface area contributed by atoms with Crippen LogP contribution >= 0.6 is 0 Å². The minimum absolute atomic E-state index is 0.973. The van der Waals surface area contributed by atoms with Crippen LogP contribution in [0.2, 0.25) is 0 Å². The fraction of sp³-hybridized carbons (Fsp3) is 0.462. The monoisotopic (exact) mass is 189 g/mol. The topological polar surface area (TPSA) is 12.4 Å². The van der Waals surface area contributed by atoms with Crippen molar-refractivity contribution in [3.05, 3.63) is 35.9 Å². The van der Waals surface area contributed by atoms with Crippen molar-refractivity contribution in [2.24, 2.45) is 4.99 Å². The second-order valence-electron chi connectivity index (χ2n) is 3.60. The zero-order chi connectivity index (χ0) is 10.2. The summed E-state index contributed by atoms with van der Waals surface area (Å²) in [5.41, 5.74) is 2.68. The first-order valence-corrected chi connectivity index (χ1v) is 5.36. The standard InChI is InChI=1S/C13H19N/c1-3-11-14-12(2)9-10-13-7-5-4-6-8-13/h4-8H,3,9-11H2,1-2H3. The maximum absolute atomic E-state index is 4.47. The Morgan fingerprint density at radius 3 is 2.57 bits per heavy atom. The second-order valence-corrected chi connectivity index (χ2v) is 3.60. The van der Waals surface area contributed by atoms with Gasteiger partial charge in [-0.25, -0.2) is 0 Å². The van der Waals surface area contributed by atoms with Crippen LogP contribution in [0, 0.1) is 0 Å². The van der Waals surface area contributed by atoms with E-state index in [2.05, 4.69) is 49.2 Å². The lowest BCUT2D eigenvalue weighted by Crippen LogP contribution is -1.96. The Morgan fingerprint density at radius 2 is 1.93 bits per heavy atom. The molecule has 1 heteroatoms. The van der Waals surface area contributed by atoms with Crippen molar-refractivity contribution < 1.29 is 0 Å². The Bertz CT molecular complexity index is 275. The lowest BCUT2D eigenvalue weighted by atomic mass is 10.1. The second kappa shape index (κ2) is 6.36. The molecule has 0 radical (unpaired) electrons. The van der Waals surface area contributed by atoms with Crippen molar-refractivity contribution in [1.29, 1.82) is 0 Å². The molecule has 0 amide bonds. The molecule has 1 nitrogen and oxygen atoms in total. The molecule has 1 aromatic rings. The van der Waals surface area contributed by atoms with Crippen LogP contribution in [-0.2, 0) is 6.42 Å². The Balaban J connectivity index is 2.34. The molecular weight excluding hydrogens is 170 g/mol. The van der Waals surface area contributed by atoms with E-state index >= 15 is 0 Å². The SMILES string of the molecule is CCCN=C(C)CCc1ccccc1. The first-order chi connectivity index (χ1) is 6.83. The molecule has 0 aliphatic heterocycles. The van der Waals surface area contributed by atoms with Gasteiger partial charge in [0.25, 0.3) is 0 Å². The van der Waals surface area contributed by atoms with Gasteiger partial charge in [-0.1, -0.05) is 37.3 Å². The van der Waals surface area contributed by atoms with Crippen LogP contribution in [0.25, 0.3) is 0 Å². The molecule has 1 rings (SSSR count). The molecule has 0 aliphatic rings. The van der Waals surface area contributed by atoms with Gasteiger partial charge in [-0.15, -0.1) is 0 Å². The molecule has 76 valence electrons. The van der Waals surface area contributed by atoms with Crippen LogP contribution < -0.4 is 0 Å². The van der Waals surface area contributed by atoms with E-state index in [1.54, 1.807) is 0 Å². The lowest BCUT2D eigenvalue weighted by molar-refractivity contribution is 0.915. The largest absolute Gasteiger partial charge is 0.294 e. The van der Waals surface area contributed by atoms with E-state index in [1.807, 2.05) is 0 Å². The number of hydrogen-bond acceptors (Lipinski definition) is 1. The van der Waals surface area contributed by atoms with Crippen LogP contribution in [-0.4, -0.2) is 12.3 Å². The highest BCUT2D eigenvalue weighted by Crippen LogP contribution is 2.03. The minimum Gasteiger partial charge on any atom is -0.294 e. The summed E-state index contributed by atoms with van der Waals surface area (Å²) in [6.45, 7) is 5.26. The van der Waals surface area contributed by atoms with Crippen LogP contribution in [0.15, 0.2) is 35.3 Å². The van der Waals surface area contributed by atoms with Gasteiger partial charge >= 0.3 is 0 Å².